The Labute approximate surface area is 135 Å². The molecule has 22 heavy (non-hydrogen) atoms. The summed E-state index contributed by atoms with van der Waals surface area (Å²) in [5, 5.41) is 2.79. The van der Waals surface area contributed by atoms with Crippen LogP contribution >= 0.6 is 11.8 Å². The summed E-state index contributed by atoms with van der Waals surface area (Å²) in [6.07, 6.45) is 0. The van der Waals surface area contributed by atoms with Crippen LogP contribution in [0.2, 0.25) is 0 Å². The number of aryl methyl sites for hydroxylation is 1. The molecule has 114 valence electrons. The summed E-state index contributed by atoms with van der Waals surface area (Å²) in [5.74, 6) is -0.158. The highest BCUT2D eigenvalue weighted by molar-refractivity contribution is 8.14. The Morgan fingerprint density at radius 2 is 1.64 bits per heavy atom. The van der Waals surface area contributed by atoms with Crippen molar-refractivity contribution >= 4 is 22.8 Å². The van der Waals surface area contributed by atoms with Gasteiger partial charge in [0, 0.05) is 16.5 Å². The van der Waals surface area contributed by atoms with Crippen LogP contribution in [0.25, 0.3) is 0 Å². The molecule has 1 N–H and O–H groups in total. The number of benzene rings is 2. The number of hydrogen-bond acceptors (Lipinski definition) is 3. The van der Waals surface area contributed by atoms with Crippen LogP contribution in [0.15, 0.2) is 53.4 Å². The molecule has 0 radical (unpaired) electrons. The van der Waals surface area contributed by atoms with Crippen molar-refractivity contribution in [2.75, 3.05) is 0 Å². The second-order valence-corrected chi connectivity index (χ2v) is 6.39. The van der Waals surface area contributed by atoms with Crippen molar-refractivity contribution in [3.8, 4) is 0 Å². The van der Waals surface area contributed by atoms with Gasteiger partial charge in [0.1, 0.15) is 0 Å². The van der Waals surface area contributed by atoms with E-state index in [1.807, 2.05) is 51.1 Å². The zero-order valence-corrected chi connectivity index (χ0v) is 13.7. The van der Waals surface area contributed by atoms with Crippen LogP contribution in [0, 0.1) is 6.92 Å². The van der Waals surface area contributed by atoms with Gasteiger partial charge in [-0.2, -0.15) is 0 Å². The van der Waals surface area contributed by atoms with Crippen LogP contribution in [-0.2, 0) is 0 Å². The van der Waals surface area contributed by atoms with E-state index in [4.69, 9.17) is 0 Å². The Bertz CT molecular complexity index is 678. The van der Waals surface area contributed by atoms with Crippen molar-refractivity contribution in [2.45, 2.75) is 31.7 Å². The van der Waals surface area contributed by atoms with E-state index in [1.165, 1.54) is 0 Å². The van der Waals surface area contributed by atoms with Gasteiger partial charge in [-0.05, 0) is 44.7 Å². The third-order valence-electron chi connectivity index (χ3n) is 3.04. The summed E-state index contributed by atoms with van der Waals surface area (Å²) in [6.45, 7) is 5.79. The maximum atomic E-state index is 12.4. The standard InChI is InChI=1S/C18H19NO2S/c1-12(2)19-17(20)15-6-4-5-7-16(15)22-18(21)14-10-8-13(3)9-11-14/h4-12H,1-3H3,(H,19,20). The highest BCUT2D eigenvalue weighted by atomic mass is 32.2. The Morgan fingerprint density at radius 1 is 1.00 bits per heavy atom. The molecule has 2 rings (SSSR count). The van der Waals surface area contributed by atoms with E-state index >= 15 is 0 Å². The van der Waals surface area contributed by atoms with Gasteiger partial charge in [-0.3, -0.25) is 9.59 Å². The third kappa shape index (κ3) is 4.21. The van der Waals surface area contributed by atoms with E-state index in [0.717, 1.165) is 17.3 Å². The van der Waals surface area contributed by atoms with Gasteiger partial charge >= 0.3 is 0 Å². The first-order valence-corrected chi connectivity index (χ1v) is 7.98. The molecule has 0 fully saturated rings. The van der Waals surface area contributed by atoms with E-state index in [1.54, 1.807) is 18.2 Å². The number of thioether (sulfide) groups is 1. The number of rotatable bonds is 4. The van der Waals surface area contributed by atoms with Gasteiger partial charge in [0.05, 0.1) is 5.56 Å². The molecule has 1 amide bonds. The lowest BCUT2D eigenvalue weighted by Gasteiger charge is -2.11. The Hall–Kier alpha value is -2.07. The Kier molecular flexibility index (Phi) is 5.39. The lowest BCUT2D eigenvalue weighted by Crippen LogP contribution is -2.30. The highest BCUT2D eigenvalue weighted by Gasteiger charge is 2.16. The summed E-state index contributed by atoms with van der Waals surface area (Å²) in [6, 6.07) is 14.7. The molecule has 0 aromatic heterocycles. The van der Waals surface area contributed by atoms with Crippen molar-refractivity contribution in [1.29, 1.82) is 0 Å². The van der Waals surface area contributed by atoms with E-state index in [0.29, 0.717) is 16.0 Å². The quantitative estimate of drug-likeness (QED) is 0.866. The second-order valence-electron chi connectivity index (χ2n) is 5.38. The van der Waals surface area contributed by atoms with Gasteiger partial charge in [0.2, 0.25) is 5.12 Å². The fraction of sp³-hybridized carbons (Fsp3) is 0.222. The first-order valence-electron chi connectivity index (χ1n) is 7.16. The van der Waals surface area contributed by atoms with E-state index in [-0.39, 0.29) is 17.1 Å². The van der Waals surface area contributed by atoms with Gasteiger partial charge < -0.3 is 5.32 Å². The highest BCUT2D eigenvalue weighted by Crippen LogP contribution is 2.26. The minimum atomic E-state index is -0.158. The average Bonchev–Trinajstić information content (AvgIpc) is 2.47. The number of carbonyl (C=O) groups is 2. The number of carbonyl (C=O) groups excluding carboxylic acids is 2. The van der Waals surface area contributed by atoms with Gasteiger partial charge in [-0.15, -0.1) is 0 Å². The second kappa shape index (κ2) is 7.27. The van der Waals surface area contributed by atoms with Crippen molar-refractivity contribution in [2.24, 2.45) is 0 Å². The van der Waals surface area contributed by atoms with Crippen molar-refractivity contribution in [3.63, 3.8) is 0 Å². The van der Waals surface area contributed by atoms with Gasteiger partial charge in [0.25, 0.3) is 5.91 Å². The lowest BCUT2D eigenvalue weighted by atomic mass is 10.2. The number of nitrogens with one attached hydrogen (secondary N) is 1. The maximum absolute atomic E-state index is 12.4. The zero-order chi connectivity index (χ0) is 16.1. The summed E-state index contributed by atoms with van der Waals surface area (Å²) in [5.41, 5.74) is 2.27. The monoisotopic (exact) mass is 313 g/mol. The van der Waals surface area contributed by atoms with Crippen molar-refractivity contribution in [1.82, 2.24) is 5.32 Å². The molecule has 0 bridgehead atoms. The summed E-state index contributed by atoms with van der Waals surface area (Å²) < 4.78 is 0. The first kappa shape index (κ1) is 16.3. The number of hydrogen-bond donors (Lipinski definition) is 1. The topological polar surface area (TPSA) is 46.2 Å². The SMILES string of the molecule is Cc1ccc(C(=O)Sc2ccccc2C(=O)NC(C)C)cc1. The molecular formula is C18H19NO2S. The predicted octanol–water partition coefficient (Wildman–Crippen LogP) is 4.07. The van der Waals surface area contributed by atoms with Gasteiger partial charge in [0.15, 0.2) is 0 Å². The largest absolute Gasteiger partial charge is 0.350 e. The van der Waals surface area contributed by atoms with E-state index in [9.17, 15) is 9.59 Å². The molecule has 0 saturated carbocycles. The summed E-state index contributed by atoms with van der Waals surface area (Å²) in [4.78, 5) is 25.2. The molecule has 4 heteroatoms. The molecule has 0 aliphatic rings. The van der Waals surface area contributed by atoms with Crippen LogP contribution in [0.4, 0.5) is 0 Å². The zero-order valence-electron chi connectivity index (χ0n) is 12.9. The molecule has 0 heterocycles. The lowest BCUT2D eigenvalue weighted by molar-refractivity contribution is 0.0940. The molecule has 0 aliphatic carbocycles. The summed E-state index contributed by atoms with van der Waals surface area (Å²) in [7, 11) is 0. The molecule has 0 atom stereocenters. The molecule has 3 nitrogen and oxygen atoms in total. The molecule has 0 saturated heterocycles. The Morgan fingerprint density at radius 3 is 2.27 bits per heavy atom. The van der Waals surface area contributed by atoms with E-state index in [2.05, 4.69) is 5.32 Å². The maximum Gasteiger partial charge on any atom is 0.252 e. The van der Waals surface area contributed by atoms with E-state index < -0.39 is 0 Å². The molecule has 0 unspecified atom stereocenters. The van der Waals surface area contributed by atoms with Gasteiger partial charge in [-0.25, -0.2) is 0 Å². The normalized spacial score (nSPS) is 10.5. The van der Waals surface area contributed by atoms with Crippen LogP contribution in [0.5, 0.6) is 0 Å². The minimum absolute atomic E-state index is 0.0540. The molecule has 0 aliphatic heterocycles. The van der Waals surface area contributed by atoms with Crippen LogP contribution in [0.1, 0.15) is 40.1 Å². The number of amides is 1. The average molecular weight is 313 g/mol. The van der Waals surface area contributed by atoms with Crippen molar-refractivity contribution in [3.05, 3.63) is 65.2 Å². The molecule has 2 aromatic rings. The Balaban J connectivity index is 2.21. The van der Waals surface area contributed by atoms with Crippen LogP contribution in [-0.4, -0.2) is 17.1 Å². The van der Waals surface area contributed by atoms with Crippen LogP contribution in [0.3, 0.4) is 0 Å². The fourth-order valence-corrected chi connectivity index (χ4v) is 2.80. The molecule has 2 aromatic carbocycles. The smallest absolute Gasteiger partial charge is 0.252 e. The molecular weight excluding hydrogens is 294 g/mol. The summed E-state index contributed by atoms with van der Waals surface area (Å²) >= 11 is 1.08. The predicted molar refractivity (Wildman–Crippen MR) is 90.4 cm³/mol. The van der Waals surface area contributed by atoms with Gasteiger partial charge in [-0.1, -0.05) is 42.0 Å². The van der Waals surface area contributed by atoms with Crippen LogP contribution < -0.4 is 5.32 Å². The third-order valence-corrected chi connectivity index (χ3v) is 4.04. The molecule has 0 spiro atoms. The first-order chi connectivity index (χ1) is 10.5. The van der Waals surface area contributed by atoms with Crippen molar-refractivity contribution < 1.29 is 9.59 Å². The fourth-order valence-electron chi connectivity index (χ4n) is 1.93. The minimum Gasteiger partial charge on any atom is -0.350 e.